The van der Waals surface area contributed by atoms with Crippen molar-refractivity contribution in [3.05, 3.63) is 149 Å². The Morgan fingerprint density at radius 3 is 2.46 bits per heavy atom. The zero-order valence-electron chi connectivity index (χ0n) is 35.8. The third-order valence-corrected chi connectivity index (χ3v) is 13.1. The second kappa shape index (κ2) is 18.5. The molecule has 7 aromatic rings. The molecular weight excluding hydrogens is 846 g/mol. The van der Waals surface area contributed by atoms with Gasteiger partial charge in [-0.3, -0.25) is 24.1 Å². The number of halogens is 1. The van der Waals surface area contributed by atoms with Crippen molar-refractivity contribution in [2.45, 2.75) is 37.6 Å². The third-order valence-electron chi connectivity index (χ3n) is 11.9. The number of carbonyl (C=O) groups is 3. The Morgan fingerprint density at radius 2 is 1.71 bits per heavy atom. The number of nitrogens with zero attached hydrogens (tertiary/aromatic N) is 5. The molecule has 13 nitrogen and oxygen atoms in total. The van der Waals surface area contributed by atoms with Crippen LogP contribution >= 0.6 is 11.3 Å². The minimum Gasteiger partial charge on any atom is -0.508 e. The Morgan fingerprint density at radius 1 is 0.938 bits per heavy atom. The molecule has 0 spiro atoms. The number of rotatable bonds is 16. The van der Waals surface area contributed by atoms with Crippen molar-refractivity contribution in [3.63, 3.8) is 0 Å². The average Bonchev–Trinajstić information content (AvgIpc) is 3.90. The molecular formula is C50H46FN7O6S. The summed E-state index contributed by atoms with van der Waals surface area (Å²) in [5, 5.41) is 31.4. The number of Topliss-reactive ketones (excluding diaryl/α,β-unsaturated/α-hetero) is 1. The highest BCUT2D eigenvalue weighted by Gasteiger charge is 2.42. The Balaban J connectivity index is 0.726. The molecule has 2 aliphatic rings. The first kappa shape index (κ1) is 43.0. The van der Waals surface area contributed by atoms with E-state index in [0.717, 1.165) is 51.9 Å². The summed E-state index contributed by atoms with van der Waals surface area (Å²) in [5.41, 5.74) is 5.48. The number of aryl methyl sites for hydroxylation is 1. The van der Waals surface area contributed by atoms with Crippen molar-refractivity contribution in [1.29, 1.82) is 0 Å². The van der Waals surface area contributed by atoms with E-state index in [1.807, 2.05) is 31.3 Å². The molecule has 0 saturated carbocycles. The summed E-state index contributed by atoms with van der Waals surface area (Å²) in [6, 6.07) is 28.7. The van der Waals surface area contributed by atoms with E-state index < -0.39 is 17.8 Å². The molecule has 330 valence electrons. The second-order valence-corrected chi connectivity index (χ2v) is 17.4. The highest BCUT2D eigenvalue weighted by Crippen LogP contribution is 2.45. The van der Waals surface area contributed by atoms with Gasteiger partial charge in [0.2, 0.25) is 5.91 Å². The molecule has 0 fully saturated rings. The first-order valence-corrected chi connectivity index (χ1v) is 22.2. The maximum atomic E-state index is 14.7. The molecule has 2 aliphatic heterocycles. The monoisotopic (exact) mass is 891 g/mol. The van der Waals surface area contributed by atoms with Crippen LogP contribution in [0.25, 0.3) is 20.5 Å². The van der Waals surface area contributed by atoms with Crippen molar-refractivity contribution in [2.75, 3.05) is 43.9 Å². The number of aromatic nitrogens is 3. The lowest BCUT2D eigenvalue weighted by molar-refractivity contribution is -0.116. The number of ketones is 2. The third kappa shape index (κ3) is 9.10. The molecule has 0 saturated heterocycles. The largest absolute Gasteiger partial charge is 0.508 e. The number of phenolic OH excluding ortho intramolecular Hbond substituents is 2. The van der Waals surface area contributed by atoms with Crippen LogP contribution in [-0.4, -0.2) is 86.4 Å². The number of carbonyl (C=O) groups excluding carboxylic acids is 3. The number of nitrogens with one attached hydrogen (secondary N) is 2. The van der Waals surface area contributed by atoms with Gasteiger partial charge in [0, 0.05) is 68.6 Å². The number of anilines is 2. The summed E-state index contributed by atoms with van der Waals surface area (Å²) in [6.45, 7) is 1.95. The van der Waals surface area contributed by atoms with E-state index in [4.69, 9.17) is 4.74 Å². The van der Waals surface area contributed by atoms with Crippen LogP contribution in [0.3, 0.4) is 0 Å². The van der Waals surface area contributed by atoms with E-state index in [1.165, 1.54) is 29.8 Å². The minimum absolute atomic E-state index is 0.0669. The normalized spacial score (nSPS) is 15.4. The fourth-order valence-corrected chi connectivity index (χ4v) is 9.82. The Bertz CT molecular complexity index is 2950. The first-order valence-electron chi connectivity index (χ1n) is 21.4. The van der Waals surface area contributed by atoms with Gasteiger partial charge in [0.15, 0.2) is 11.6 Å². The van der Waals surface area contributed by atoms with Crippen LogP contribution in [0.1, 0.15) is 80.9 Å². The molecule has 1 amide bonds. The van der Waals surface area contributed by atoms with Gasteiger partial charge in [0.25, 0.3) is 0 Å². The molecule has 0 aliphatic carbocycles. The van der Waals surface area contributed by atoms with Crippen molar-refractivity contribution >= 4 is 56.0 Å². The van der Waals surface area contributed by atoms with Gasteiger partial charge < -0.3 is 30.5 Å². The molecule has 5 aromatic carbocycles. The lowest BCUT2D eigenvalue weighted by Gasteiger charge is -2.37. The smallest absolute Gasteiger partial charge is 0.224 e. The molecule has 2 atom stereocenters. The molecule has 65 heavy (non-hydrogen) atoms. The highest BCUT2D eigenvalue weighted by atomic mass is 32.1. The van der Waals surface area contributed by atoms with E-state index in [-0.39, 0.29) is 35.5 Å². The topological polar surface area (TPSA) is 171 Å². The Labute approximate surface area is 378 Å². The van der Waals surface area contributed by atoms with Crippen molar-refractivity contribution in [3.8, 4) is 27.7 Å². The number of likely N-dealkylation sites (N-methyl/N-ethyl adjacent to an activating group) is 1. The van der Waals surface area contributed by atoms with Crippen LogP contribution in [0.15, 0.2) is 114 Å². The van der Waals surface area contributed by atoms with Gasteiger partial charge in [-0.1, -0.05) is 18.6 Å². The minimum atomic E-state index is -0.500. The Hall–Kier alpha value is -7.23. The molecule has 4 N–H and O–H groups in total. The van der Waals surface area contributed by atoms with E-state index in [9.17, 15) is 29.0 Å². The summed E-state index contributed by atoms with van der Waals surface area (Å²) in [5.74, 6) is 0.232. The number of ether oxygens (including phenoxy) is 1. The summed E-state index contributed by atoms with van der Waals surface area (Å²) < 4.78 is 23.2. The van der Waals surface area contributed by atoms with Gasteiger partial charge in [-0.15, -0.1) is 11.3 Å². The number of aromatic hydroxyl groups is 2. The number of hydrogen-bond donors (Lipinski definition) is 4. The van der Waals surface area contributed by atoms with E-state index in [2.05, 4.69) is 30.6 Å². The predicted molar refractivity (Wildman–Crippen MR) is 249 cm³/mol. The van der Waals surface area contributed by atoms with Gasteiger partial charge in [0.1, 0.15) is 48.4 Å². The van der Waals surface area contributed by atoms with Gasteiger partial charge >= 0.3 is 0 Å². The van der Waals surface area contributed by atoms with Crippen LogP contribution in [0.5, 0.6) is 17.2 Å². The van der Waals surface area contributed by atoms with Crippen LogP contribution in [0.2, 0.25) is 0 Å². The fraction of sp³-hybridized carbons (Fsp3) is 0.240. The molecule has 9 rings (SSSR count). The number of aliphatic imine (C=N–C) groups is 1. The number of phenols is 2. The fourth-order valence-electron chi connectivity index (χ4n) is 8.58. The molecule has 0 unspecified atom stereocenters. The number of fused-ring (bicyclic) bond motifs is 1. The SMILES string of the molecule is CN(CCCCCC(=O)Nc1ccc([C@H]2Nc3cc(F)cc4c3C(=NCC4=O)[C@@H]2c2ncnn2C)cc1)CCOc1ccc(C(=O)c2c(-c3ccc(O)cc3)sc3cc(O)ccc23)cc1. The quantitative estimate of drug-likeness (QED) is 0.0543. The van der Waals surface area contributed by atoms with Gasteiger partial charge in [0.05, 0.1) is 17.7 Å². The number of unbranched alkanes of at least 4 members (excludes halogenated alkanes) is 2. The molecule has 0 bridgehead atoms. The van der Waals surface area contributed by atoms with Gasteiger partial charge in [-0.25, -0.2) is 9.37 Å². The number of benzene rings is 5. The Kier molecular flexibility index (Phi) is 12.2. The molecule has 2 aromatic heterocycles. The van der Waals surface area contributed by atoms with Crippen LogP contribution < -0.4 is 15.4 Å². The van der Waals surface area contributed by atoms with Gasteiger partial charge in [-0.2, -0.15) is 5.10 Å². The van der Waals surface area contributed by atoms with Crippen molar-refractivity contribution in [1.82, 2.24) is 19.7 Å². The summed E-state index contributed by atoms with van der Waals surface area (Å²) in [7, 11) is 3.84. The number of thiophene rings is 1. The summed E-state index contributed by atoms with van der Waals surface area (Å²) in [6.07, 6.45) is 4.42. The van der Waals surface area contributed by atoms with E-state index in [0.29, 0.717) is 70.5 Å². The summed E-state index contributed by atoms with van der Waals surface area (Å²) in [4.78, 5) is 51.7. The van der Waals surface area contributed by atoms with Crippen LogP contribution in [0.4, 0.5) is 15.8 Å². The maximum absolute atomic E-state index is 14.7. The van der Waals surface area contributed by atoms with Gasteiger partial charge in [-0.05, 0) is 129 Å². The number of hydrogen-bond acceptors (Lipinski definition) is 12. The zero-order chi connectivity index (χ0) is 45.2. The van der Waals surface area contributed by atoms with Crippen molar-refractivity contribution in [2.24, 2.45) is 12.0 Å². The van der Waals surface area contributed by atoms with Crippen LogP contribution in [-0.2, 0) is 11.8 Å². The predicted octanol–water partition coefficient (Wildman–Crippen LogP) is 8.92. The first-order chi connectivity index (χ1) is 31.5. The highest BCUT2D eigenvalue weighted by molar-refractivity contribution is 7.22. The number of amides is 1. The van der Waals surface area contributed by atoms with E-state index >= 15 is 0 Å². The molecule has 4 heterocycles. The average molecular weight is 892 g/mol. The lowest BCUT2D eigenvalue weighted by Crippen LogP contribution is -2.37. The molecule has 0 radical (unpaired) electrons. The lowest BCUT2D eigenvalue weighted by atomic mass is 9.78. The standard InChI is InChI=1S/C50H46FN7O6S/c1-57(22-23-64-36-18-11-30(12-19-36)48(63)44-37-20-17-35(60)26-41(37)65-49(44)31-9-15-34(59)16-10-31)21-5-3-4-6-42(62)55-33-13-7-29(8-14-33)46-45(50-53-28-54-58(50)2)47-43-38(40(61)27-52-47)24-32(51)25-39(43)56-46/h7-20,24-26,28,45-46,56,59-60H,3-6,21-23,27H2,1-2H3,(H,55,62)/t45-,46-/m1/s1. The molecule has 15 heteroatoms. The van der Waals surface area contributed by atoms with Crippen molar-refractivity contribution < 1.29 is 33.7 Å². The maximum Gasteiger partial charge on any atom is 0.224 e. The zero-order valence-corrected chi connectivity index (χ0v) is 36.6. The van der Waals surface area contributed by atoms with Crippen LogP contribution in [0, 0.1) is 5.82 Å². The summed E-state index contributed by atoms with van der Waals surface area (Å²) >= 11 is 1.42. The van der Waals surface area contributed by atoms with E-state index in [1.54, 1.807) is 78.5 Å². The second-order valence-electron chi connectivity index (χ2n) is 16.4.